The van der Waals surface area contributed by atoms with Gasteiger partial charge in [-0.25, -0.2) is 8.42 Å². The number of carbonyl (C=O) groups excluding carboxylic acids is 1. The molecule has 166 valence electrons. The van der Waals surface area contributed by atoms with Crippen molar-refractivity contribution in [3.05, 3.63) is 84.7 Å². The number of carbonyl (C=O) groups is 1. The molecule has 1 aliphatic heterocycles. The molecule has 2 heterocycles. The van der Waals surface area contributed by atoms with Crippen molar-refractivity contribution in [2.75, 3.05) is 19.6 Å². The highest BCUT2D eigenvalue weighted by atomic mass is 32.2. The van der Waals surface area contributed by atoms with Crippen molar-refractivity contribution in [2.45, 2.75) is 17.7 Å². The molecule has 0 aliphatic carbocycles. The Morgan fingerprint density at radius 3 is 2.31 bits per heavy atom. The number of hydrogen-bond donors (Lipinski definition) is 1. The summed E-state index contributed by atoms with van der Waals surface area (Å²) >= 11 is 0. The van der Waals surface area contributed by atoms with E-state index in [0.29, 0.717) is 43.8 Å². The van der Waals surface area contributed by atoms with Crippen LogP contribution in [0.2, 0.25) is 0 Å². The highest BCUT2D eigenvalue weighted by Crippen LogP contribution is 2.24. The van der Waals surface area contributed by atoms with Gasteiger partial charge in [0.15, 0.2) is 0 Å². The Balaban J connectivity index is 1.25. The second-order valence-electron chi connectivity index (χ2n) is 7.69. The van der Waals surface area contributed by atoms with Crippen molar-refractivity contribution in [1.29, 1.82) is 0 Å². The normalized spacial score (nSPS) is 15.2. The Kier molecular flexibility index (Phi) is 6.82. The summed E-state index contributed by atoms with van der Waals surface area (Å²) in [5.74, 6) is 1.48. The number of nitrogens with zero attached hydrogens (tertiary/aromatic N) is 2. The van der Waals surface area contributed by atoms with Crippen LogP contribution >= 0.6 is 0 Å². The zero-order valence-electron chi connectivity index (χ0n) is 17.6. The van der Waals surface area contributed by atoms with Crippen LogP contribution in [0.5, 0.6) is 11.5 Å². The molecule has 4 rings (SSSR count). The van der Waals surface area contributed by atoms with Crippen LogP contribution in [0, 0.1) is 5.92 Å². The van der Waals surface area contributed by atoms with Gasteiger partial charge in [-0.15, -0.1) is 0 Å². The van der Waals surface area contributed by atoms with Gasteiger partial charge in [-0.05, 0) is 67.3 Å². The average molecular weight is 452 g/mol. The molecule has 0 spiro atoms. The lowest BCUT2D eigenvalue weighted by atomic mass is 9.98. The Labute approximate surface area is 188 Å². The van der Waals surface area contributed by atoms with Gasteiger partial charge >= 0.3 is 0 Å². The summed E-state index contributed by atoms with van der Waals surface area (Å²) in [6, 6.07) is 19.6. The fourth-order valence-corrected chi connectivity index (χ4v) is 5.07. The van der Waals surface area contributed by atoms with E-state index in [4.69, 9.17) is 4.74 Å². The third-order valence-corrected chi connectivity index (χ3v) is 7.37. The molecule has 0 radical (unpaired) electrons. The van der Waals surface area contributed by atoms with Crippen LogP contribution in [-0.2, 0) is 10.0 Å². The van der Waals surface area contributed by atoms with Crippen LogP contribution in [0.25, 0.3) is 0 Å². The van der Waals surface area contributed by atoms with Gasteiger partial charge in [0.2, 0.25) is 10.0 Å². The lowest BCUT2D eigenvalue weighted by molar-refractivity contribution is 0.0941. The van der Waals surface area contributed by atoms with Crippen LogP contribution in [0.15, 0.2) is 84.0 Å². The molecule has 1 N–H and O–H groups in total. The van der Waals surface area contributed by atoms with Gasteiger partial charge in [-0.3, -0.25) is 9.78 Å². The Morgan fingerprint density at radius 1 is 0.969 bits per heavy atom. The molecule has 1 aliphatic rings. The van der Waals surface area contributed by atoms with E-state index in [-0.39, 0.29) is 16.7 Å². The Bertz CT molecular complexity index is 1130. The van der Waals surface area contributed by atoms with Crippen LogP contribution in [0.4, 0.5) is 0 Å². The van der Waals surface area contributed by atoms with E-state index >= 15 is 0 Å². The number of ether oxygens (including phenoxy) is 1. The fraction of sp³-hybridized carbons (Fsp3) is 0.250. The molecule has 8 heteroatoms. The minimum Gasteiger partial charge on any atom is -0.457 e. The summed E-state index contributed by atoms with van der Waals surface area (Å²) in [4.78, 5) is 16.6. The van der Waals surface area contributed by atoms with E-state index in [1.54, 1.807) is 42.6 Å². The third kappa shape index (κ3) is 5.33. The minimum atomic E-state index is -3.51. The maximum absolute atomic E-state index is 12.7. The molecule has 0 atom stereocenters. The van der Waals surface area contributed by atoms with Crippen molar-refractivity contribution < 1.29 is 17.9 Å². The predicted octanol–water partition coefficient (Wildman–Crippen LogP) is 3.70. The summed E-state index contributed by atoms with van der Waals surface area (Å²) in [6.45, 7) is 1.38. The Hall–Kier alpha value is -3.23. The number of pyridine rings is 1. The maximum Gasteiger partial charge on any atom is 0.251 e. The number of rotatable bonds is 7. The first-order chi connectivity index (χ1) is 15.5. The van der Waals surface area contributed by atoms with Gasteiger partial charge in [-0.2, -0.15) is 4.31 Å². The average Bonchev–Trinajstić information content (AvgIpc) is 2.84. The quantitative estimate of drug-likeness (QED) is 0.592. The van der Waals surface area contributed by atoms with Crippen LogP contribution in [0.1, 0.15) is 23.2 Å². The largest absolute Gasteiger partial charge is 0.457 e. The molecule has 1 amide bonds. The van der Waals surface area contributed by atoms with Gasteiger partial charge in [0, 0.05) is 37.6 Å². The first-order valence-corrected chi connectivity index (χ1v) is 12.0. The van der Waals surface area contributed by atoms with E-state index < -0.39 is 10.0 Å². The summed E-state index contributed by atoms with van der Waals surface area (Å²) < 4.78 is 32.6. The highest BCUT2D eigenvalue weighted by Gasteiger charge is 2.29. The number of benzene rings is 2. The van der Waals surface area contributed by atoms with Crippen molar-refractivity contribution in [2.24, 2.45) is 5.92 Å². The summed E-state index contributed by atoms with van der Waals surface area (Å²) in [5, 5.41) is 2.97. The lowest BCUT2D eigenvalue weighted by Crippen LogP contribution is -2.41. The van der Waals surface area contributed by atoms with Crippen molar-refractivity contribution in [1.82, 2.24) is 14.6 Å². The molecule has 0 bridgehead atoms. The van der Waals surface area contributed by atoms with Crippen LogP contribution in [-0.4, -0.2) is 43.2 Å². The lowest BCUT2D eigenvalue weighted by Gasteiger charge is -2.31. The second kappa shape index (κ2) is 9.93. The number of aromatic nitrogens is 1. The molecule has 0 unspecified atom stereocenters. The SMILES string of the molecule is O=C(NCC1CCN(S(=O)(=O)c2cccnc2)CC1)c1ccc(Oc2ccccc2)cc1. The molecule has 1 fully saturated rings. The number of piperidine rings is 1. The molecule has 1 saturated heterocycles. The third-order valence-electron chi connectivity index (χ3n) is 5.49. The van der Waals surface area contributed by atoms with Gasteiger partial charge in [-0.1, -0.05) is 18.2 Å². The Morgan fingerprint density at radius 2 is 1.66 bits per heavy atom. The first kappa shape index (κ1) is 22.0. The number of hydrogen-bond acceptors (Lipinski definition) is 5. The fourth-order valence-electron chi connectivity index (χ4n) is 3.64. The smallest absolute Gasteiger partial charge is 0.251 e. The molecular formula is C24H25N3O4S. The van der Waals surface area contributed by atoms with Gasteiger partial charge in [0.05, 0.1) is 0 Å². The maximum atomic E-state index is 12.7. The van der Waals surface area contributed by atoms with Gasteiger partial charge in [0.25, 0.3) is 5.91 Å². The van der Waals surface area contributed by atoms with E-state index in [1.807, 2.05) is 30.3 Å². The molecule has 32 heavy (non-hydrogen) atoms. The number of para-hydroxylation sites is 1. The summed E-state index contributed by atoms with van der Waals surface area (Å²) in [7, 11) is -3.51. The number of nitrogens with one attached hydrogen (secondary N) is 1. The molecule has 0 saturated carbocycles. The van der Waals surface area contributed by atoms with Crippen LogP contribution in [0.3, 0.4) is 0 Å². The van der Waals surface area contributed by atoms with E-state index in [9.17, 15) is 13.2 Å². The van der Waals surface area contributed by atoms with Crippen molar-refractivity contribution >= 4 is 15.9 Å². The number of sulfonamides is 1. The van der Waals surface area contributed by atoms with E-state index in [2.05, 4.69) is 10.3 Å². The predicted molar refractivity (Wildman–Crippen MR) is 121 cm³/mol. The highest BCUT2D eigenvalue weighted by molar-refractivity contribution is 7.89. The molecule has 7 nitrogen and oxygen atoms in total. The summed E-state index contributed by atoms with van der Waals surface area (Å²) in [5.41, 5.74) is 0.557. The van der Waals surface area contributed by atoms with Crippen molar-refractivity contribution in [3.8, 4) is 11.5 Å². The summed E-state index contributed by atoms with van der Waals surface area (Å²) in [6.07, 6.45) is 4.32. The first-order valence-electron chi connectivity index (χ1n) is 10.5. The zero-order chi connectivity index (χ0) is 22.4. The van der Waals surface area contributed by atoms with Gasteiger partial charge < -0.3 is 10.1 Å². The van der Waals surface area contributed by atoms with Crippen LogP contribution < -0.4 is 10.1 Å². The topological polar surface area (TPSA) is 88.6 Å². The number of amides is 1. The molecular weight excluding hydrogens is 426 g/mol. The molecule has 1 aromatic heterocycles. The second-order valence-corrected chi connectivity index (χ2v) is 9.62. The molecule has 2 aromatic carbocycles. The van der Waals surface area contributed by atoms with E-state index in [0.717, 1.165) is 5.75 Å². The zero-order valence-corrected chi connectivity index (χ0v) is 18.4. The minimum absolute atomic E-state index is 0.151. The van der Waals surface area contributed by atoms with Gasteiger partial charge in [0.1, 0.15) is 16.4 Å². The van der Waals surface area contributed by atoms with Crippen molar-refractivity contribution in [3.63, 3.8) is 0 Å². The van der Waals surface area contributed by atoms with E-state index in [1.165, 1.54) is 10.5 Å². The molecule has 3 aromatic rings. The monoisotopic (exact) mass is 451 g/mol. The standard InChI is InChI=1S/C24H25N3O4S/c28-24(20-8-10-22(11-9-20)31-21-5-2-1-3-6-21)26-17-19-12-15-27(16-13-19)32(29,30)23-7-4-14-25-18-23/h1-11,14,18-19H,12-13,15-17H2,(H,26,28).